The van der Waals surface area contributed by atoms with Gasteiger partial charge in [-0.05, 0) is 32.0 Å². The highest BCUT2D eigenvalue weighted by Crippen LogP contribution is 2.29. The smallest absolute Gasteiger partial charge is 0.128 e. The minimum Gasteiger partial charge on any atom is -0.355 e. The molecule has 0 saturated carbocycles. The zero-order valence-corrected chi connectivity index (χ0v) is 17.5. The van der Waals surface area contributed by atoms with Crippen LogP contribution in [0.3, 0.4) is 0 Å². The van der Waals surface area contributed by atoms with Crippen molar-refractivity contribution in [2.45, 2.75) is 18.9 Å². The maximum Gasteiger partial charge on any atom is 0.128 e. The second kappa shape index (κ2) is 7.81. The molecular formula is C22H23N9. The van der Waals surface area contributed by atoms with Gasteiger partial charge >= 0.3 is 0 Å². The van der Waals surface area contributed by atoms with Crippen molar-refractivity contribution in [1.82, 2.24) is 34.7 Å². The van der Waals surface area contributed by atoms with E-state index < -0.39 is 0 Å². The van der Waals surface area contributed by atoms with Crippen LogP contribution in [0.25, 0.3) is 28.0 Å². The fourth-order valence-corrected chi connectivity index (χ4v) is 4.12. The van der Waals surface area contributed by atoms with Gasteiger partial charge in [-0.15, -0.1) is 0 Å². The first-order valence-electron chi connectivity index (χ1n) is 10.3. The van der Waals surface area contributed by atoms with Crippen LogP contribution in [0.5, 0.6) is 0 Å². The van der Waals surface area contributed by atoms with Gasteiger partial charge in [0, 0.05) is 49.7 Å². The summed E-state index contributed by atoms with van der Waals surface area (Å²) in [5.74, 6) is 0.956. The number of fused-ring (bicyclic) bond motifs is 1. The summed E-state index contributed by atoms with van der Waals surface area (Å²) in [6.07, 6.45) is 11.2. The summed E-state index contributed by atoms with van der Waals surface area (Å²) in [6.45, 7) is 1.95. The molecule has 0 spiro atoms. The van der Waals surface area contributed by atoms with Crippen LogP contribution in [-0.4, -0.2) is 55.5 Å². The molecule has 0 amide bonds. The minimum absolute atomic E-state index is 0.484. The number of piperidine rings is 1. The molecule has 4 aromatic rings. The molecule has 1 aliphatic rings. The lowest BCUT2D eigenvalue weighted by molar-refractivity contribution is 0.447. The quantitative estimate of drug-likeness (QED) is 0.548. The van der Waals surface area contributed by atoms with E-state index in [2.05, 4.69) is 26.5 Å². The fraction of sp³-hybridized carbons (Fsp3) is 0.318. The molecule has 1 saturated heterocycles. The van der Waals surface area contributed by atoms with Gasteiger partial charge in [0.1, 0.15) is 23.0 Å². The number of aryl methyl sites for hydroxylation is 1. The molecule has 0 aliphatic carbocycles. The lowest BCUT2D eigenvalue weighted by Crippen LogP contribution is -2.44. The molecule has 1 fully saturated rings. The first-order valence-corrected chi connectivity index (χ1v) is 10.3. The number of aromatic nitrogens is 6. The molecule has 1 N–H and O–H groups in total. The Labute approximate surface area is 180 Å². The molecule has 0 aromatic carbocycles. The van der Waals surface area contributed by atoms with E-state index in [1.54, 1.807) is 21.6 Å². The highest BCUT2D eigenvalue weighted by atomic mass is 15.2. The van der Waals surface area contributed by atoms with E-state index in [-0.39, 0.29) is 0 Å². The maximum atomic E-state index is 9.58. The van der Waals surface area contributed by atoms with E-state index in [9.17, 15) is 5.26 Å². The summed E-state index contributed by atoms with van der Waals surface area (Å²) < 4.78 is 3.44. The maximum absolute atomic E-state index is 9.58. The molecule has 4 aromatic heterocycles. The van der Waals surface area contributed by atoms with Gasteiger partial charge in [-0.2, -0.15) is 15.5 Å². The Kier molecular flexibility index (Phi) is 4.84. The molecule has 9 heteroatoms. The summed E-state index contributed by atoms with van der Waals surface area (Å²) in [6, 6.07) is 6.76. The summed E-state index contributed by atoms with van der Waals surface area (Å²) in [5, 5.41) is 21.6. The third-order valence-corrected chi connectivity index (χ3v) is 5.79. The van der Waals surface area contributed by atoms with Crippen molar-refractivity contribution >= 4 is 11.3 Å². The molecular weight excluding hydrogens is 390 g/mol. The van der Waals surface area contributed by atoms with Crippen LogP contribution >= 0.6 is 0 Å². The van der Waals surface area contributed by atoms with Crippen LogP contribution in [-0.2, 0) is 7.05 Å². The number of anilines is 1. The molecule has 5 rings (SSSR count). The SMILES string of the molecule is CN[C@H]1CCCN(c2ccc(-c3nc(-c4cnn(C)c4)cn4ncc(C#N)c34)cn2)C1. The topological polar surface area (TPSA) is 100.0 Å². The summed E-state index contributed by atoms with van der Waals surface area (Å²) in [4.78, 5) is 11.9. The molecule has 0 unspecified atom stereocenters. The normalized spacial score (nSPS) is 16.5. The van der Waals surface area contributed by atoms with Gasteiger partial charge < -0.3 is 10.2 Å². The summed E-state index contributed by atoms with van der Waals surface area (Å²) in [5.41, 5.74) is 4.31. The van der Waals surface area contributed by atoms with Gasteiger partial charge in [-0.1, -0.05) is 0 Å². The van der Waals surface area contributed by atoms with Gasteiger partial charge in [0.2, 0.25) is 0 Å². The molecule has 5 heterocycles. The molecule has 9 nitrogen and oxygen atoms in total. The van der Waals surface area contributed by atoms with Crippen LogP contribution < -0.4 is 10.2 Å². The van der Waals surface area contributed by atoms with Crippen molar-refractivity contribution in [3.8, 4) is 28.6 Å². The van der Waals surface area contributed by atoms with Gasteiger partial charge in [-0.3, -0.25) is 4.68 Å². The van der Waals surface area contributed by atoms with Crippen molar-refractivity contribution in [1.29, 1.82) is 5.26 Å². The van der Waals surface area contributed by atoms with Gasteiger partial charge in [0.15, 0.2) is 0 Å². The average molecular weight is 413 g/mol. The largest absolute Gasteiger partial charge is 0.355 e. The molecule has 156 valence electrons. The lowest BCUT2D eigenvalue weighted by atomic mass is 10.1. The Balaban J connectivity index is 1.57. The van der Waals surface area contributed by atoms with Gasteiger partial charge in [0.05, 0.1) is 30.0 Å². The van der Waals surface area contributed by atoms with Crippen molar-refractivity contribution in [3.05, 3.63) is 48.7 Å². The van der Waals surface area contributed by atoms with E-state index in [1.807, 2.05) is 44.8 Å². The average Bonchev–Trinajstić information content (AvgIpc) is 3.44. The highest BCUT2D eigenvalue weighted by Gasteiger charge is 2.20. The summed E-state index contributed by atoms with van der Waals surface area (Å²) >= 11 is 0. The van der Waals surface area contributed by atoms with Crippen molar-refractivity contribution < 1.29 is 0 Å². The Morgan fingerprint density at radius 3 is 2.74 bits per heavy atom. The first kappa shape index (κ1) is 19.2. The molecule has 0 bridgehead atoms. The van der Waals surface area contributed by atoms with E-state index in [0.29, 0.717) is 22.8 Å². The zero-order valence-electron chi connectivity index (χ0n) is 17.5. The molecule has 31 heavy (non-hydrogen) atoms. The Bertz CT molecular complexity index is 1260. The Hall–Kier alpha value is -3.77. The number of nitriles is 1. The first-order chi connectivity index (χ1) is 15.2. The van der Waals surface area contributed by atoms with Crippen molar-refractivity contribution in [2.75, 3.05) is 25.0 Å². The zero-order chi connectivity index (χ0) is 21.4. The number of nitrogens with zero attached hydrogens (tertiary/aromatic N) is 8. The van der Waals surface area contributed by atoms with Crippen LogP contribution in [0.4, 0.5) is 5.82 Å². The number of likely N-dealkylation sites (N-methyl/N-ethyl adjacent to an activating group) is 1. The van der Waals surface area contributed by atoms with E-state index in [0.717, 1.165) is 42.1 Å². The van der Waals surface area contributed by atoms with Gasteiger partial charge in [-0.25, -0.2) is 14.5 Å². The molecule has 0 radical (unpaired) electrons. The second-order valence-electron chi connectivity index (χ2n) is 7.82. The van der Waals surface area contributed by atoms with Crippen LogP contribution in [0.15, 0.2) is 43.1 Å². The standard InChI is InChI=1S/C22H23N9/c1-24-18-4-3-7-30(13-18)20-6-5-15(9-25-20)21-22-16(8-23)10-27-31(22)14-19(28-21)17-11-26-29(2)12-17/h5-6,9-12,14,18,24H,3-4,7,13H2,1-2H3/t18-/m0/s1. The van der Waals surface area contributed by atoms with E-state index in [4.69, 9.17) is 9.97 Å². The molecule has 1 atom stereocenters. The fourth-order valence-electron chi connectivity index (χ4n) is 4.12. The Morgan fingerprint density at radius 2 is 2.03 bits per heavy atom. The number of rotatable bonds is 4. The number of pyridine rings is 1. The number of nitrogens with one attached hydrogen (secondary N) is 1. The summed E-state index contributed by atoms with van der Waals surface area (Å²) in [7, 11) is 3.88. The van der Waals surface area contributed by atoms with Crippen LogP contribution in [0.1, 0.15) is 18.4 Å². The van der Waals surface area contributed by atoms with Crippen molar-refractivity contribution in [3.63, 3.8) is 0 Å². The Morgan fingerprint density at radius 1 is 1.13 bits per heavy atom. The minimum atomic E-state index is 0.484. The van der Waals surface area contributed by atoms with Crippen molar-refractivity contribution in [2.24, 2.45) is 7.05 Å². The van der Waals surface area contributed by atoms with E-state index >= 15 is 0 Å². The number of hydrogen-bond acceptors (Lipinski definition) is 7. The predicted octanol–water partition coefficient (Wildman–Crippen LogP) is 2.25. The van der Waals surface area contributed by atoms with Gasteiger partial charge in [0.25, 0.3) is 0 Å². The monoisotopic (exact) mass is 413 g/mol. The second-order valence-corrected chi connectivity index (χ2v) is 7.82. The predicted molar refractivity (Wildman–Crippen MR) is 117 cm³/mol. The van der Waals surface area contributed by atoms with Crippen LogP contribution in [0, 0.1) is 11.3 Å². The highest BCUT2D eigenvalue weighted by molar-refractivity contribution is 5.83. The third kappa shape index (κ3) is 3.51. The number of hydrogen-bond donors (Lipinski definition) is 1. The van der Waals surface area contributed by atoms with Crippen LogP contribution in [0.2, 0.25) is 0 Å². The lowest BCUT2D eigenvalue weighted by Gasteiger charge is -2.33. The van der Waals surface area contributed by atoms with E-state index in [1.165, 1.54) is 6.42 Å². The molecule has 1 aliphatic heterocycles. The third-order valence-electron chi connectivity index (χ3n) is 5.79.